The van der Waals surface area contributed by atoms with Gasteiger partial charge in [0.1, 0.15) is 0 Å². The van der Waals surface area contributed by atoms with Crippen LogP contribution in [0.4, 0.5) is 0 Å². The lowest BCUT2D eigenvalue weighted by molar-refractivity contribution is 0.177. The van der Waals surface area contributed by atoms with E-state index in [1.165, 1.54) is 23.8 Å². The van der Waals surface area contributed by atoms with Crippen molar-refractivity contribution in [2.75, 3.05) is 13.1 Å². The van der Waals surface area contributed by atoms with Crippen LogP contribution in [0.5, 0.6) is 0 Å². The highest BCUT2D eigenvalue weighted by atomic mass is 79.9. The van der Waals surface area contributed by atoms with Gasteiger partial charge in [0.15, 0.2) is 0 Å². The maximum absolute atomic E-state index is 4.59. The third-order valence-corrected chi connectivity index (χ3v) is 5.27. The quantitative estimate of drug-likeness (QED) is 0.745. The molecule has 0 radical (unpaired) electrons. The molecule has 1 aliphatic rings. The van der Waals surface area contributed by atoms with Gasteiger partial charge < -0.3 is 0 Å². The van der Waals surface area contributed by atoms with Gasteiger partial charge in [0.05, 0.1) is 17.4 Å². The van der Waals surface area contributed by atoms with E-state index >= 15 is 0 Å². The number of H-pyrrole nitrogens is 1. The Bertz CT molecular complexity index is 809. The first-order chi connectivity index (χ1) is 11.8. The number of likely N-dealkylation sites (tertiary alicyclic amines) is 1. The number of hydrogen-bond donors (Lipinski definition) is 1. The molecule has 1 fully saturated rings. The lowest BCUT2D eigenvalue weighted by Crippen LogP contribution is -2.34. The molecule has 3 heterocycles. The fourth-order valence-corrected chi connectivity index (χ4v) is 4.08. The molecular formula is C18H20BrN5. The van der Waals surface area contributed by atoms with Crippen LogP contribution in [-0.4, -0.2) is 38.4 Å². The second-order valence-electron chi connectivity index (χ2n) is 6.53. The van der Waals surface area contributed by atoms with Gasteiger partial charge in [0.2, 0.25) is 0 Å². The summed E-state index contributed by atoms with van der Waals surface area (Å²) in [6, 6.07) is 8.46. The van der Waals surface area contributed by atoms with Crippen LogP contribution in [-0.2, 0) is 13.0 Å². The van der Waals surface area contributed by atoms with Crippen molar-refractivity contribution >= 4 is 26.8 Å². The van der Waals surface area contributed by atoms with Crippen LogP contribution >= 0.6 is 15.9 Å². The summed E-state index contributed by atoms with van der Waals surface area (Å²) in [5, 5.41) is 12.0. The predicted molar refractivity (Wildman–Crippen MR) is 97.5 cm³/mol. The molecule has 5 nitrogen and oxygen atoms in total. The molecule has 4 rings (SSSR count). The number of piperidine rings is 1. The Hall–Kier alpha value is -1.79. The van der Waals surface area contributed by atoms with E-state index in [2.05, 4.69) is 59.4 Å². The van der Waals surface area contributed by atoms with Crippen LogP contribution in [0.3, 0.4) is 0 Å². The van der Waals surface area contributed by atoms with Crippen LogP contribution in [0.25, 0.3) is 10.9 Å². The summed E-state index contributed by atoms with van der Waals surface area (Å²) in [6.45, 7) is 3.22. The lowest BCUT2D eigenvalue weighted by atomic mass is 9.92. The average Bonchev–Trinajstić information content (AvgIpc) is 3.09. The number of aromatic nitrogens is 4. The molecule has 0 bridgehead atoms. The van der Waals surface area contributed by atoms with E-state index in [1.54, 1.807) is 0 Å². The SMILES string of the molecule is Brc1cc(CN2CCC(Cc3cn[nH]n3)CC2)c2ncccc2c1. The maximum atomic E-state index is 4.59. The summed E-state index contributed by atoms with van der Waals surface area (Å²) < 4.78 is 1.12. The van der Waals surface area contributed by atoms with Crippen molar-refractivity contribution in [2.24, 2.45) is 5.92 Å². The zero-order chi connectivity index (χ0) is 16.4. The van der Waals surface area contributed by atoms with Crippen LogP contribution in [0, 0.1) is 5.92 Å². The number of benzene rings is 1. The van der Waals surface area contributed by atoms with E-state index in [0.717, 1.165) is 41.7 Å². The second-order valence-corrected chi connectivity index (χ2v) is 7.44. The minimum Gasteiger partial charge on any atom is -0.299 e. The second kappa shape index (κ2) is 6.99. The number of pyridine rings is 1. The van der Waals surface area contributed by atoms with E-state index in [1.807, 2.05) is 18.5 Å². The Morgan fingerprint density at radius 1 is 1.25 bits per heavy atom. The molecule has 2 aromatic heterocycles. The Labute approximate surface area is 149 Å². The van der Waals surface area contributed by atoms with Crippen LogP contribution < -0.4 is 0 Å². The van der Waals surface area contributed by atoms with Crippen molar-refractivity contribution in [3.63, 3.8) is 0 Å². The van der Waals surface area contributed by atoms with Crippen LogP contribution in [0.15, 0.2) is 41.1 Å². The zero-order valence-electron chi connectivity index (χ0n) is 13.5. The van der Waals surface area contributed by atoms with Gasteiger partial charge >= 0.3 is 0 Å². The van der Waals surface area contributed by atoms with Crippen LogP contribution in [0.2, 0.25) is 0 Å². The van der Waals surface area contributed by atoms with Gasteiger partial charge in [-0.25, -0.2) is 0 Å². The first-order valence-electron chi connectivity index (χ1n) is 8.38. The van der Waals surface area contributed by atoms with E-state index in [4.69, 9.17) is 0 Å². The van der Waals surface area contributed by atoms with E-state index in [-0.39, 0.29) is 0 Å². The average molecular weight is 386 g/mol. The molecule has 1 saturated heterocycles. The molecule has 1 aromatic carbocycles. The number of fused-ring (bicyclic) bond motifs is 1. The van der Waals surface area contributed by atoms with Crippen molar-refractivity contribution in [1.29, 1.82) is 0 Å². The van der Waals surface area contributed by atoms with E-state index in [0.29, 0.717) is 5.92 Å². The van der Waals surface area contributed by atoms with Gasteiger partial charge in [0.25, 0.3) is 0 Å². The zero-order valence-corrected chi connectivity index (χ0v) is 15.0. The summed E-state index contributed by atoms with van der Waals surface area (Å²) in [5.74, 6) is 0.712. The first kappa shape index (κ1) is 15.7. The van der Waals surface area contributed by atoms with E-state index in [9.17, 15) is 0 Å². The highest BCUT2D eigenvalue weighted by molar-refractivity contribution is 9.10. The minimum absolute atomic E-state index is 0.712. The van der Waals surface area contributed by atoms with Crippen molar-refractivity contribution in [3.8, 4) is 0 Å². The summed E-state index contributed by atoms with van der Waals surface area (Å²) in [6.07, 6.45) is 7.18. The third kappa shape index (κ3) is 3.49. The van der Waals surface area contributed by atoms with Gasteiger partial charge in [-0.3, -0.25) is 9.88 Å². The Kier molecular flexibility index (Phi) is 4.58. The Morgan fingerprint density at radius 2 is 2.12 bits per heavy atom. The molecule has 1 N–H and O–H groups in total. The van der Waals surface area contributed by atoms with Gasteiger partial charge in [0, 0.05) is 22.6 Å². The van der Waals surface area contributed by atoms with Crippen molar-refractivity contribution in [3.05, 3.63) is 52.4 Å². The largest absolute Gasteiger partial charge is 0.299 e. The van der Waals surface area contributed by atoms with Gasteiger partial charge in [-0.05, 0) is 62.0 Å². The lowest BCUT2D eigenvalue weighted by Gasteiger charge is -2.31. The Morgan fingerprint density at radius 3 is 2.92 bits per heavy atom. The smallest absolute Gasteiger partial charge is 0.0827 e. The molecule has 0 atom stereocenters. The molecule has 1 aliphatic heterocycles. The number of hydrogen-bond acceptors (Lipinski definition) is 4. The van der Waals surface area contributed by atoms with Crippen molar-refractivity contribution in [2.45, 2.75) is 25.8 Å². The fourth-order valence-electron chi connectivity index (χ4n) is 3.56. The summed E-state index contributed by atoms with van der Waals surface area (Å²) >= 11 is 3.63. The molecule has 0 spiro atoms. The number of nitrogens with one attached hydrogen (secondary N) is 1. The molecule has 24 heavy (non-hydrogen) atoms. The predicted octanol–water partition coefficient (Wildman–Crippen LogP) is 3.57. The van der Waals surface area contributed by atoms with Crippen molar-refractivity contribution < 1.29 is 0 Å². The van der Waals surface area contributed by atoms with Crippen molar-refractivity contribution in [1.82, 2.24) is 25.3 Å². The van der Waals surface area contributed by atoms with E-state index < -0.39 is 0 Å². The molecule has 0 amide bonds. The number of halogens is 1. The molecule has 6 heteroatoms. The van der Waals surface area contributed by atoms with Gasteiger partial charge in [-0.15, -0.1) is 0 Å². The molecule has 3 aromatic rings. The van der Waals surface area contributed by atoms with Crippen LogP contribution in [0.1, 0.15) is 24.1 Å². The number of rotatable bonds is 4. The summed E-state index contributed by atoms with van der Waals surface area (Å²) in [5.41, 5.74) is 3.50. The number of aromatic amines is 1. The molecule has 0 saturated carbocycles. The summed E-state index contributed by atoms with van der Waals surface area (Å²) in [7, 11) is 0. The fraction of sp³-hybridized carbons (Fsp3) is 0.389. The van der Waals surface area contributed by atoms with Gasteiger partial charge in [-0.1, -0.05) is 22.0 Å². The van der Waals surface area contributed by atoms with Gasteiger partial charge in [-0.2, -0.15) is 15.4 Å². The highest BCUT2D eigenvalue weighted by Crippen LogP contribution is 2.26. The Balaban J connectivity index is 1.42. The monoisotopic (exact) mass is 385 g/mol. The molecule has 0 aliphatic carbocycles. The molecule has 124 valence electrons. The first-order valence-corrected chi connectivity index (χ1v) is 9.17. The molecular weight excluding hydrogens is 366 g/mol. The standard InChI is InChI=1S/C18H20BrN5/c19-16-9-14-2-1-5-20-18(14)15(10-16)12-24-6-3-13(4-7-24)8-17-11-21-23-22-17/h1-2,5,9-11,13H,3-4,6-8,12H2,(H,21,22,23). The molecule has 0 unspecified atom stereocenters. The highest BCUT2D eigenvalue weighted by Gasteiger charge is 2.21. The number of nitrogens with zero attached hydrogens (tertiary/aromatic N) is 4. The third-order valence-electron chi connectivity index (χ3n) is 4.81. The minimum atomic E-state index is 0.712. The topological polar surface area (TPSA) is 57.7 Å². The normalized spacial score (nSPS) is 16.7. The summed E-state index contributed by atoms with van der Waals surface area (Å²) in [4.78, 5) is 7.12. The maximum Gasteiger partial charge on any atom is 0.0827 e.